The van der Waals surface area contributed by atoms with Crippen LogP contribution in [-0.2, 0) is 25.7 Å². The van der Waals surface area contributed by atoms with Gasteiger partial charge in [-0.2, -0.15) is 0 Å². The summed E-state index contributed by atoms with van der Waals surface area (Å²) in [5.74, 6) is -1.92. The molecule has 2 atom stereocenters. The topological polar surface area (TPSA) is 87.2 Å². The van der Waals surface area contributed by atoms with Gasteiger partial charge in [0.1, 0.15) is 6.10 Å². The van der Waals surface area contributed by atoms with Crippen molar-refractivity contribution in [3.05, 3.63) is 35.9 Å². The van der Waals surface area contributed by atoms with Gasteiger partial charge in [-0.25, -0.2) is 0 Å². The molecule has 142 valence electrons. The van der Waals surface area contributed by atoms with Crippen molar-refractivity contribution in [3.8, 4) is 0 Å². The number of nitrogens with zero attached hydrogens (tertiary/aromatic N) is 2. The average Bonchev–Trinajstić information content (AvgIpc) is 2.66. The van der Waals surface area contributed by atoms with E-state index in [0.717, 1.165) is 5.56 Å². The second kappa shape index (κ2) is 9.33. The summed E-state index contributed by atoms with van der Waals surface area (Å²) in [6.07, 6.45) is 0.580. The fraction of sp³-hybridized carbons (Fsp3) is 0.526. The third-order valence-corrected chi connectivity index (χ3v) is 4.56. The molecule has 2 rings (SSSR count). The van der Waals surface area contributed by atoms with Crippen LogP contribution >= 0.6 is 0 Å². The molecule has 0 saturated carbocycles. The van der Waals surface area contributed by atoms with Gasteiger partial charge in [-0.1, -0.05) is 30.3 Å². The van der Waals surface area contributed by atoms with Gasteiger partial charge in [0, 0.05) is 20.1 Å². The van der Waals surface area contributed by atoms with Crippen LogP contribution in [0.4, 0.5) is 0 Å². The smallest absolute Gasteiger partial charge is 0.308 e. The number of benzene rings is 1. The van der Waals surface area contributed by atoms with Crippen LogP contribution in [0.2, 0.25) is 0 Å². The lowest BCUT2D eigenvalue weighted by Crippen LogP contribution is -2.48. The average molecular weight is 362 g/mol. The molecule has 7 heteroatoms. The molecule has 0 bridgehead atoms. The summed E-state index contributed by atoms with van der Waals surface area (Å²) in [4.78, 5) is 38.7. The van der Waals surface area contributed by atoms with Gasteiger partial charge in [0.2, 0.25) is 5.91 Å². The number of carbonyl (C=O) groups excluding carboxylic acids is 2. The zero-order valence-electron chi connectivity index (χ0n) is 15.3. The van der Waals surface area contributed by atoms with Crippen molar-refractivity contribution in [1.82, 2.24) is 9.80 Å². The van der Waals surface area contributed by atoms with Crippen molar-refractivity contribution in [2.75, 3.05) is 26.7 Å². The number of likely N-dealkylation sites (tertiary alicyclic amines) is 1. The van der Waals surface area contributed by atoms with E-state index in [9.17, 15) is 14.4 Å². The van der Waals surface area contributed by atoms with Gasteiger partial charge in [-0.15, -0.1) is 0 Å². The third-order valence-electron chi connectivity index (χ3n) is 4.56. The molecule has 1 aromatic carbocycles. The van der Waals surface area contributed by atoms with Gasteiger partial charge in [-0.05, 0) is 25.3 Å². The number of rotatable bonds is 7. The summed E-state index contributed by atoms with van der Waals surface area (Å²) >= 11 is 0. The van der Waals surface area contributed by atoms with Crippen molar-refractivity contribution in [3.63, 3.8) is 0 Å². The molecule has 1 N–H and O–H groups in total. The molecule has 1 aliphatic rings. The van der Waals surface area contributed by atoms with Gasteiger partial charge < -0.3 is 19.6 Å². The minimum atomic E-state index is -0.880. The molecule has 1 aliphatic heterocycles. The molecule has 0 aromatic heterocycles. The van der Waals surface area contributed by atoms with Crippen LogP contribution in [0.1, 0.15) is 25.3 Å². The largest absolute Gasteiger partial charge is 0.481 e. The molecule has 1 aromatic rings. The Morgan fingerprint density at radius 2 is 2.00 bits per heavy atom. The first-order valence-corrected chi connectivity index (χ1v) is 8.79. The molecule has 1 saturated heterocycles. The van der Waals surface area contributed by atoms with Crippen molar-refractivity contribution in [1.29, 1.82) is 0 Å². The van der Waals surface area contributed by atoms with Crippen molar-refractivity contribution in [2.45, 2.75) is 32.5 Å². The molecular formula is C19H26N2O5. The molecule has 2 amide bonds. The number of hydrogen-bond acceptors (Lipinski definition) is 4. The standard InChI is InChI=1S/C19H26N2O5/c1-14(26-13-15-7-4-3-5-8-15)18(23)20(2)12-17(22)21-10-6-9-16(11-21)19(24)25/h3-5,7-8,14,16H,6,9-13H2,1-2H3,(H,24,25). The summed E-state index contributed by atoms with van der Waals surface area (Å²) < 4.78 is 5.59. The first-order chi connectivity index (χ1) is 12.4. The number of likely N-dealkylation sites (N-methyl/N-ethyl adjacent to an activating group) is 1. The highest BCUT2D eigenvalue weighted by atomic mass is 16.5. The molecule has 0 spiro atoms. The van der Waals surface area contributed by atoms with Crippen LogP contribution in [0.15, 0.2) is 30.3 Å². The van der Waals surface area contributed by atoms with E-state index >= 15 is 0 Å². The van der Waals surface area contributed by atoms with E-state index in [2.05, 4.69) is 0 Å². The Balaban J connectivity index is 1.81. The number of carboxylic acid groups (broad SMARTS) is 1. The second-order valence-electron chi connectivity index (χ2n) is 6.65. The molecule has 0 aliphatic carbocycles. The van der Waals surface area contributed by atoms with Crippen molar-refractivity contribution in [2.24, 2.45) is 5.92 Å². The molecule has 0 radical (unpaired) electrons. The summed E-state index contributed by atoms with van der Waals surface area (Å²) in [6.45, 7) is 2.64. The zero-order valence-corrected chi connectivity index (χ0v) is 15.3. The van der Waals surface area contributed by atoms with Crippen LogP contribution in [-0.4, -0.2) is 65.5 Å². The van der Waals surface area contributed by atoms with Crippen LogP contribution < -0.4 is 0 Å². The normalized spacial score (nSPS) is 18.2. The Hall–Kier alpha value is -2.41. The van der Waals surface area contributed by atoms with Gasteiger partial charge in [-0.3, -0.25) is 14.4 Å². The fourth-order valence-electron chi connectivity index (χ4n) is 2.96. The van der Waals surface area contributed by atoms with E-state index in [1.807, 2.05) is 30.3 Å². The number of ether oxygens (including phenoxy) is 1. The molecule has 1 heterocycles. The van der Waals surface area contributed by atoms with Gasteiger partial charge in [0.15, 0.2) is 0 Å². The minimum Gasteiger partial charge on any atom is -0.481 e. The highest BCUT2D eigenvalue weighted by molar-refractivity contribution is 5.87. The Morgan fingerprint density at radius 1 is 1.31 bits per heavy atom. The Bertz CT molecular complexity index is 634. The zero-order chi connectivity index (χ0) is 19.1. The quantitative estimate of drug-likeness (QED) is 0.792. The summed E-state index contributed by atoms with van der Waals surface area (Å²) in [5, 5.41) is 9.11. The van der Waals surface area contributed by atoms with Crippen LogP contribution in [0, 0.1) is 5.92 Å². The van der Waals surface area contributed by atoms with Gasteiger partial charge in [0.25, 0.3) is 5.91 Å². The summed E-state index contributed by atoms with van der Waals surface area (Å²) in [7, 11) is 1.56. The maximum atomic E-state index is 12.4. The number of hydrogen-bond donors (Lipinski definition) is 1. The van der Waals surface area contributed by atoms with E-state index in [1.54, 1.807) is 14.0 Å². The lowest BCUT2D eigenvalue weighted by molar-refractivity contribution is -0.150. The summed E-state index contributed by atoms with van der Waals surface area (Å²) in [6, 6.07) is 9.55. The molecule has 1 fully saturated rings. The maximum Gasteiger partial charge on any atom is 0.308 e. The molecule has 2 unspecified atom stereocenters. The van der Waals surface area contributed by atoms with Crippen molar-refractivity contribution < 1.29 is 24.2 Å². The Labute approximate surface area is 153 Å². The fourth-order valence-corrected chi connectivity index (χ4v) is 2.96. The van der Waals surface area contributed by atoms with Crippen LogP contribution in [0.25, 0.3) is 0 Å². The number of piperidine rings is 1. The monoisotopic (exact) mass is 362 g/mol. The SMILES string of the molecule is CC(OCc1ccccc1)C(=O)N(C)CC(=O)N1CCCC(C(=O)O)C1. The first kappa shape index (κ1) is 19.9. The lowest BCUT2D eigenvalue weighted by atomic mass is 9.98. The lowest BCUT2D eigenvalue weighted by Gasteiger charge is -2.32. The predicted molar refractivity (Wildman–Crippen MR) is 95.3 cm³/mol. The van der Waals surface area contributed by atoms with Gasteiger partial charge in [0.05, 0.1) is 19.1 Å². The van der Waals surface area contributed by atoms with E-state index in [0.29, 0.717) is 26.0 Å². The second-order valence-corrected chi connectivity index (χ2v) is 6.65. The van der Waals surface area contributed by atoms with Gasteiger partial charge >= 0.3 is 5.97 Å². The van der Waals surface area contributed by atoms with E-state index in [4.69, 9.17) is 9.84 Å². The molecular weight excluding hydrogens is 336 g/mol. The predicted octanol–water partition coefficient (Wildman–Crippen LogP) is 1.37. The highest BCUT2D eigenvalue weighted by Crippen LogP contribution is 2.17. The summed E-state index contributed by atoms with van der Waals surface area (Å²) in [5.41, 5.74) is 0.971. The highest BCUT2D eigenvalue weighted by Gasteiger charge is 2.29. The van der Waals surface area contributed by atoms with E-state index in [1.165, 1.54) is 9.80 Å². The van der Waals surface area contributed by atoms with Crippen LogP contribution in [0.5, 0.6) is 0 Å². The number of amides is 2. The van der Waals surface area contributed by atoms with E-state index < -0.39 is 18.0 Å². The number of carbonyl (C=O) groups is 3. The minimum absolute atomic E-state index is 0.0792. The third kappa shape index (κ3) is 5.56. The molecule has 26 heavy (non-hydrogen) atoms. The van der Waals surface area contributed by atoms with Crippen molar-refractivity contribution >= 4 is 17.8 Å². The Morgan fingerprint density at radius 3 is 2.65 bits per heavy atom. The Kier molecular flexibility index (Phi) is 7.15. The van der Waals surface area contributed by atoms with Crippen LogP contribution in [0.3, 0.4) is 0 Å². The maximum absolute atomic E-state index is 12.4. The first-order valence-electron chi connectivity index (χ1n) is 8.79. The molecule has 7 nitrogen and oxygen atoms in total. The van der Waals surface area contributed by atoms with E-state index in [-0.39, 0.29) is 24.9 Å². The number of carboxylic acids is 1. The number of aliphatic carboxylic acids is 1.